The molecule has 1 aromatic carbocycles. The summed E-state index contributed by atoms with van der Waals surface area (Å²) in [4.78, 5) is 0.436. The van der Waals surface area contributed by atoms with Crippen LogP contribution in [0.2, 0.25) is 0 Å². The molecule has 2 nitrogen and oxygen atoms in total. The minimum Gasteiger partial charge on any atom is -0.389 e. The topological polar surface area (TPSA) is 38.0 Å². The van der Waals surface area contributed by atoms with Crippen molar-refractivity contribution in [2.45, 2.75) is 38.6 Å². The van der Waals surface area contributed by atoms with Crippen molar-refractivity contribution in [3.63, 3.8) is 0 Å². The molecule has 0 aromatic heterocycles. The Hall–Kier alpha value is -0.610. The molecule has 1 fully saturated rings. The quantitative estimate of drug-likeness (QED) is 0.774. The molecule has 1 aliphatic carbocycles. The maximum atomic E-state index is 5.81. The highest BCUT2D eigenvalue weighted by atomic mass is 79.9. The molecule has 4 heteroatoms. The molecule has 1 aromatic rings. The number of anilines is 1. The van der Waals surface area contributed by atoms with E-state index in [1.807, 2.05) is 12.1 Å². The van der Waals surface area contributed by atoms with Crippen LogP contribution in [0.3, 0.4) is 0 Å². The molecule has 3 N–H and O–H groups in total. The maximum absolute atomic E-state index is 5.81. The fraction of sp³-hybridized carbons (Fsp3) is 0.500. The van der Waals surface area contributed by atoms with Crippen molar-refractivity contribution >= 4 is 38.8 Å². The second-order valence-corrected chi connectivity index (χ2v) is 6.25. The Balaban J connectivity index is 2.15. The van der Waals surface area contributed by atoms with Gasteiger partial charge in [-0.3, -0.25) is 0 Å². The zero-order chi connectivity index (χ0) is 13.1. The van der Waals surface area contributed by atoms with Crippen LogP contribution in [0, 0.1) is 5.92 Å². The van der Waals surface area contributed by atoms with Crippen LogP contribution in [-0.4, -0.2) is 11.0 Å². The van der Waals surface area contributed by atoms with E-state index in [0.29, 0.717) is 11.0 Å². The Morgan fingerprint density at radius 3 is 2.83 bits per heavy atom. The lowest BCUT2D eigenvalue weighted by molar-refractivity contribution is 0.587. The first-order chi connectivity index (χ1) is 8.61. The molecule has 0 radical (unpaired) electrons. The Kier molecular flexibility index (Phi) is 4.62. The first-order valence-electron chi connectivity index (χ1n) is 6.46. The number of nitrogens with one attached hydrogen (secondary N) is 1. The minimum absolute atomic E-state index is 0.436. The summed E-state index contributed by atoms with van der Waals surface area (Å²) in [6.45, 7) is 2.22. The summed E-state index contributed by atoms with van der Waals surface area (Å²) in [6.07, 6.45) is 5.15. The Bertz CT molecular complexity index is 443. The maximum Gasteiger partial charge on any atom is 0.107 e. The van der Waals surface area contributed by atoms with Crippen LogP contribution in [-0.2, 0) is 0 Å². The van der Waals surface area contributed by atoms with Crippen molar-refractivity contribution in [3.8, 4) is 0 Å². The van der Waals surface area contributed by atoms with Gasteiger partial charge in [-0.05, 0) is 46.8 Å². The number of rotatable bonds is 6. The van der Waals surface area contributed by atoms with Gasteiger partial charge in [-0.1, -0.05) is 38.0 Å². The highest BCUT2D eigenvalue weighted by Gasteiger charge is 2.25. The molecule has 18 heavy (non-hydrogen) atoms. The lowest BCUT2D eigenvalue weighted by Crippen LogP contribution is -2.22. The van der Waals surface area contributed by atoms with Gasteiger partial charge in [-0.25, -0.2) is 0 Å². The van der Waals surface area contributed by atoms with Crippen molar-refractivity contribution in [3.05, 3.63) is 28.2 Å². The van der Waals surface area contributed by atoms with Crippen molar-refractivity contribution < 1.29 is 0 Å². The van der Waals surface area contributed by atoms with Crippen LogP contribution < -0.4 is 11.1 Å². The van der Waals surface area contributed by atoms with E-state index in [9.17, 15) is 0 Å². The molecule has 1 unspecified atom stereocenters. The van der Waals surface area contributed by atoms with E-state index >= 15 is 0 Å². The van der Waals surface area contributed by atoms with Crippen LogP contribution >= 0.6 is 28.1 Å². The van der Waals surface area contributed by atoms with Crippen LogP contribution in [0.5, 0.6) is 0 Å². The lowest BCUT2D eigenvalue weighted by atomic mass is 10.1. The predicted octanol–water partition coefficient (Wildman–Crippen LogP) is 4.07. The summed E-state index contributed by atoms with van der Waals surface area (Å²) < 4.78 is 0.960. The predicted molar refractivity (Wildman–Crippen MR) is 85.1 cm³/mol. The van der Waals surface area contributed by atoms with E-state index in [-0.39, 0.29) is 0 Å². The van der Waals surface area contributed by atoms with Crippen molar-refractivity contribution in [2.75, 3.05) is 5.32 Å². The van der Waals surface area contributed by atoms with Gasteiger partial charge in [0.2, 0.25) is 0 Å². The third kappa shape index (κ3) is 3.45. The number of nitrogens with two attached hydrogens (primary N) is 1. The third-order valence-corrected chi connectivity index (χ3v) is 4.29. The summed E-state index contributed by atoms with van der Waals surface area (Å²) in [5, 5.41) is 3.59. The Morgan fingerprint density at radius 2 is 2.28 bits per heavy atom. The van der Waals surface area contributed by atoms with E-state index in [0.717, 1.165) is 28.1 Å². The third-order valence-electron chi connectivity index (χ3n) is 3.43. The molecule has 0 spiro atoms. The highest BCUT2D eigenvalue weighted by molar-refractivity contribution is 9.10. The molecule has 2 rings (SSSR count). The Morgan fingerprint density at radius 1 is 1.56 bits per heavy atom. The van der Waals surface area contributed by atoms with E-state index < -0.39 is 0 Å². The van der Waals surface area contributed by atoms with Gasteiger partial charge in [-0.2, -0.15) is 0 Å². The zero-order valence-corrected chi connectivity index (χ0v) is 13.0. The molecule has 0 saturated heterocycles. The number of halogens is 1. The van der Waals surface area contributed by atoms with Gasteiger partial charge in [0.1, 0.15) is 4.99 Å². The molecule has 0 bridgehead atoms. The summed E-state index contributed by atoms with van der Waals surface area (Å²) >= 11 is 8.65. The second-order valence-electron chi connectivity index (χ2n) is 4.96. The van der Waals surface area contributed by atoms with Crippen molar-refractivity contribution in [1.29, 1.82) is 0 Å². The summed E-state index contributed by atoms with van der Waals surface area (Å²) in [5.74, 6) is 0.919. The first kappa shape index (κ1) is 13.8. The lowest BCUT2D eigenvalue weighted by Gasteiger charge is -2.20. The molecular formula is C14H19BrN2S. The fourth-order valence-electron chi connectivity index (χ4n) is 2.20. The van der Waals surface area contributed by atoms with Crippen LogP contribution in [0.15, 0.2) is 22.7 Å². The van der Waals surface area contributed by atoms with Gasteiger partial charge in [-0.15, -0.1) is 0 Å². The largest absolute Gasteiger partial charge is 0.389 e. The summed E-state index contributed by atoms with van der Waals surface area (Å²) in [6, 6.07) is 6.55. The molecule has 0 amide bonds. The van der Waals surface area contributed by atoms with E-state index in [1.165, 1.54) is 19.3 Å². The zero-order valence-electron chi connectivity index (χ0n) is 10.6. The van der Waals surface area contributed by atoms with Crippen molar-refractivity contribution in [2.24, 2.45) is 11.7 Å². The first-order valence-corrected chi connectivity index (χ1v) is 7.66. The smallest absolute Gasteiger partial charge is 0.107 e. The molecule has 98 valence electrons. The molecule has 0 heterocycles. The number of benzene rings is 1. The van der Waals surface area contributed by atoms with Gasteiger partial charge >= 0.3 is 0 Å². The number of hydrogen-bond acceptors (Lipinski definition) is 2. The van der Waals surface area contributed by atoms with E-state index in [2.05, 4.69) is 34.2 Å². The second kappa shape index (κ2) is 6.02. The fourth-order valence-corrected chi connectivity index (χ4v) is 3.13. The normalized spacial score (nSPS) is 16.3. The van der Waals surface area contributed by atoms with E-state index in [4.69, 9.17) is 18.0 Å². The molecule has 0 aliphatic heterocycles. The Labute approximate surface area is 122 Å². The standard InChI is InChI=1S/C14H19BrN2S/c1-2-10(8-9-6-7-9)17-12-5-3-4-11(15)13(12)14(16)18/h3-5,9-10,17H,2,6-8H2,1H3,(H2,16,18). The van der Waals surface area contributed by atoms with Gasteiger partial charge in [0.15, 0.2) is 0 Å². The van der Waals surface area contributed by atoms with Crippen LogP contribution in [0.1, 0.15) is 38.2 Å². The summed E-state index contributed by atoms with van der Waals surface area (Å²) in [7, 11) is 0. The SMILES string of the molecule is CCC(CC1CC1)Nc1cccc(Br)c1C(N)=S. The highest BCUT2D eigenvalue weighted by Crippen LogP contribution is 2.35. The average molecular weight is 327 g/mol. The number of thiocarbonyl (C=S) groups is 1. The van der Waals surface area contributed by atoms with Crippen LogP contribution in [0.4, 0.5) is 5.69 Å². The van der Waals surface area contributed by atoms with Gasteiger partial charge in [0.25, 0.3) is 0 Å². The minimum atomic E-state index is 0.436. The molecule has 1 aliphatic rings. The van der Waals surface area contributed by atoms with Crippen LogP contribution in [0.25, 0.3) is 0 Å². The average Bonchev–Trinajstić information content (AvgIpc) is 3.11. The van der Waals surface area contributed by atoms with Gasteiger partial charge in [0, 0.05) is 21.8 Å². The number of hydrogen-bond donors (Lipinski definition) is 2. The van der Waals surface area contributed by atoms with Gasteiger partial charge in [0.05, 0.1) is 0 Å². The monoisotopic (exact) mass is 326 g/mol. The van der Waals surface area contributed by atoms with Crippen molar-refractivity contribution in [1.82, 2.24) is 0 Å². The molecule has 1 atom stereocenters. The molecule has 1 saturated carbocycles. The molecular weight excluding hydrogens is 308 g/mol. The summed E-state index contributed by atoms with van der Waals surface area (Å²) in [5.41, 5.74) is 7.77. The van der Waals surface area contributed by atoms with Gasteiger partial charge < -0.3 is 11.1 Å². The van der Waals surface area contributed by atoms with E-state index in [1.54, 1.807) is 0 Å².